The van der Waals surface area contributed by atoms with E-state index in [4.69, 9.17) is 5.11 Å². The first-order valence-electron chi connectivity index (χ1n) is 6.84. The van der Waals surface area contributed by atoms with Crippen LogP contribution in [0.1, 0.15) is 24.3 Å². The molecule has 0 spiro atoms. The van der Waals surface area contributed by atoms with Crippen LogP contribution in [0.15, 0.2) is 30.3 Å². The Morgan fingerprint density at radius 2 is 1.85 bits per heavy atom. The van der Waals surface area contributed by atoms with Gasteiger partial charge in [-0.25, -0.2) is 4.79 Å². The molecule has 1 heterocycles. The number of hydrogen-bond donors (Lipinski definition) is 2. The maximum atomic E-state index is 12.4. The predicted molar refractivity (Wildman–Crippen MR) is 71.1 cm³/mol. The molecule has 4 atom stereocenters. The van der Waals surface area contributed by atoms with Crippen molar-refractivity contribution in [3.05, 3.63) is 35.9 Å². The number of hydrogen-bond acceptors (Lipinski definition) is 3. The molecule has 0 radical (unpaired) electrons. The first-order chi connectivity index (χ1) is 9.58. The van der Waals surface area contributed by atoms with Gasteiger partial charge in [0.15, 0.2) is 0 Å². The summed E-state index contributed by atoms with van der Waals surface area (Å²) in [7, 11) is 0. The van der Waals surface area contributed by atoms with Gasteiger partial charge < -0.3 is 15.1 Å². The summed E-state index contributed by atoms with van der Waals surface area (Å²) in [5.74, 6) is -1.12. The van der Waals surface area contributed by atoms with E-state index >= 15 is 0 Å². The summed E-state index contributed by atoms with van der Waals surface area (Å²) in [6, 6.07) is 8.91. The zero-order chi connectivity index (χ0) is 14.3. The number of carbonyl (C=O) groups excluding carboxylic acids is 1. The van der Waals surface area contributed by atoms with Gasteiger partial charge in [-0.1, -0.05) is 30.3 Å². The van der Waals surface area contributed by atoms with E-state index in [0.29, 0.717) is 0 Å². The highest BCUT2D eigenvalue weighted by Gasteiger charge is 2.49. The quantitative estimate of drug-likeness (QED) is 0.856. The molecule has 2 aliphatic rings. The highest BCUT2D eigenvalue weighted by Crippen LogP contribution is 2.49. The van der Waals surface area contributed by atoms with Crippen molar-refractivity contribution >= 4 is 11.9 Å². The normalized spacial score (nSPS) is 32.1. The first-order valence-corrected chi connectivity index (χ1v) is 6.84. The maximum Gasteiger partial charge on any atom is 0.326 e. The largest absolute Gasteiger partial charge is 0.480 e. The Bertz CT molecular complexity index is 530. The number of benzene rings is 1. The lowest BCUT2D eigenvalue weighted by atomic mass is 10.1. The third-order valence-electron chi connectivity index (χ3n) is 4.18. The van der Waals surface area contributed by atoms with Crippen molar-refractivity contribution in [3.63, 3.8) is 0 Å². The number of aliphatic hydroxyl groups excluding tert-OH is 1. The van der Waals surface area contributed by atoms with E-state index in [-0.39, 0.29) is 30.7 Å². The summed E-state index contributed by atoms with van der Waals surface area (Å²) >= 11 is 0. The van der Waals surface area contributed by atoms with Crippen molar-refractivity contribution < 1.29 is 19.8 Å². The van der Waals surface area contributed by atoms with E-state index in [0.717, 1.165) is 12.0 Å². The Hall–Kier alpha value is -1.88. The minimum atomic E-state index is -1.04. The van der Waals surface area contributed by atoms with Gasteiger partial charge >= 0.3 is 5.97 Å². The van der Waals surface area contributed by atoms with Gasteiger partial charge in [0.25, 0.3) is 0 Å². The highest BCUT2D eigenvalue weighted by atomic mass is 16.4. The number of amides is 1. The minimum absolute atomic E-state index is 0.129. The average Bonchev–Trinajstić information content (AvgIpc) is 3.14. The molecule has 3 rings (SSSR count). The maximum absolute atomic E-state index is 12.4. The van der Waals surface area contributed by atoms with Crippen molar-refractivity contribution in [3.8, 4) is 0 Å². The van der Waals surface area contributed by atoms with Crippen LogP contribution in [0, 0.1) is 5.92 Å². The number of carboxylic acid groups (broad SMARTS) is 1. The predicted octanol–water partition coefficient (Wildman–Crippen LogP) is 0.836. The molecule has 106 valence electrons. The summed E-state index contributed by atoms with van der Waals surface area (Å²) in [4.78, 5) is 24.9. The second-order valence-electron chi connectivity index (χ2n) is 5.59. The van der Waals surface area contributed by atoms with Crippen LogP contribution in [-0.2, 0) is 9.59 Å². The Kier molecular flexibility index (Phi) is 3.22. The molecule has 1 aromatic carbocycles. The number of aliphatic hydroxyl groups is 1. The lowest BCUT2D eigenvalue weighted by Crippen LogP contribution is -2.41. The van der Waals surface area contributed by atoms with E-state index in [1.165, 1.54) is 4.90 Å². The summed E-state index contributed by atoms with van der Waals surface area (Å²) in [5.41, 5.74) is 1.12. The first kappa shape index (κ1) is 13.1. The van der Waals surface area contributed by atoms with E-state index < -0.39 is 18.1 Å². The Morgan fingerprint density at radius 3 is 2.50 bits per heavy atom. The fourth-order valence-corrected chi connectivity index (χ4v) is 3.04. The van der Waals surface area contributed by atoms with Gasteiger partial charge in [-0.3, -0.25) is 4.79 Å². The lowest BCUT2D eigenvalue weighted by molar-refractivity contribution is -0.148. The van der Waals surface area contributed by atoms with Crippen LogP contribution in [0.25, 0.3) is 0 Å². The molecule has 2 fully saturated rings. The number of carbonyl (C=O) groups is 2. The molecule has 2 unspecified atom stereocenters. The Labute approximate surface area is 116 Å². The SMILES string of the molecule is O=C(O)[C@@H]1C[C@H](O)CN1C(=O)C1CC1c1ccccc1. The summed E-state index contributed by atoms with van der Waals surface area (Å²) in [6.45, 7) is 0.133. The fraction of sp³-hybridized carbons (Fsp3) is 0.467. The van der Waals surface area contributed by atoms with E-state index in [2.05, 4.69) is 0 Å². The standard InChI is InChI=1S/C15H17NO4/c17-10-6-13(15(19)20)16(8-10)14(18)12-7-11(12)9-4-2-1-3-5-9/h1-5,10-13,17H,6-8H2,(H,19,20)/t10-,11?,12?,13-/m0/s1. The van der Waals surface area contributed by atoms with Crippen LogP contribution < -0.4 is 0 Å². The van der Waals surface area contributed by atoms with Crippen molar-refractivity contribution in [2.24, 2.45) is 5.92 Å². The second kappa shape index (κ2) is 4.90. The zero-order valence-electron chi connectivity index (χ0n) is 11.0. The zero-order valence-corrected chi connectivity index (χ0v) is 11.0. The molecule has 1 aliphatic heterocycles. The molecule has 2 N–H and O–H groups in total. The Morgan fingerprint density at radius 1 is 1.15 bits per heavy atom. The van der Waals surface area contributed by atoms with Crippen molar-refractivity contribution in [2.45, 2.75) is 30.9 Å². The van der Waals surface area contributed by atoms with Crippen LogP contribution >= 0.6 is 0 Å². The number of β-amino-alcohol motifs (C(OH)–C–C–N with tert-alkyl or cyclic N) is 1. The van der Waals surface area contributed by atoms with E-state index in [1.807, 2.05) is 30.3 Å². The van der Waals surface area contributed by atoms with Crippen molar-refractivity contribution in [1.29, 1.82) is 0 Å². The van der Waals surface area contributed by atoms with Crippen LogP contribution in [0.5, 0.6) is 0 Å². The van der Waals surface area contributed by atoms with Gasteiger partial charge in [-0.05, 0) is 17.9 Å². The third-order valence-corrected chi connectivity index (χ3v) is 4.18. The monoisotopic (exact) mass is 275 g/mol. The lowest BCUT2D eigenvalue weighted by Gasteiger charge is -2.21. The molecule has 1 saturated heterocycles. The van der Waals surface area contributed by atoms with Crippen LogP contribution in [0.4, 0.5) is 0 Å². The molecule has 5 nitrogen and oxygen atoms in total. The van der Waals surface area contributed by atoms with Crippen molar-refractivity contribution in [2.75, 3.05) is 6.54 Å². The van der Waals surface area contributed by atoms with Crippen molar-refractivity contribution in [1.82, 2.24) is 4.90 Å². The molecule has 1 amide bonds. The molecule has 20 heavy (non-hydrogen) atoms. The van der Waals surface area contributed by atoms with Gasteiger partial charge in [0.2, 0.25) is 5.91 Å². The molecule has 1 aromatic rings. The van der Waals surface area contributed by atoms with Gasteiger partial charge in [0.05, 0.1) is 6.10 Å². The number of rotatable bonds is 3. The molecular formula is C15H17NO4. The molecule has 0 aromatic heterocycles. The molecule has 1 aliphatic carbocycles. The second-order valence-corrected chi connectivity index (χ2v) is 5.59. The van der Waals surface area contributed by atoms with Gasteiger partial charge in [0, 0.05) is 18.9 Å². The van der Waals surface area contributed by atoms with E-state index in [9.17, 15) is 14.7 Å². The number of aliphatic carboxylic acids is 1. The van der Waals surface area contributed by atoms with Crippen LogP contribution in [-0.4, -0.2) is 45.7 Å². The summed E-state index contributed by atoms with van der Waals surface area (Å²) < 4.78 is 0. The van der Waals surface area contributed by atoms with Crippen LogP contribution in [0.2, 0.25) is 0 Å². The third kappa shape index (κ3) is 2.29. The average molecular weight is 275 g/mol. The summed E-state index contributed by atoms with van der Waals surface area (Å²) in [6.07, 6.45) is 0.167. The molecule has 1 saturated carbocycles. The fourth-order valence-electron chi connectivity index (χ4n) is 3.04. The van der Waals surface area contributed by atoms with E-state index in [1.54, 1.807) is 0 Å². The smallest absolute Gasteiger partial charge is 0.326 e. The molecular weight excluding hydrogens is 258 g/mol. The number of likely N-dealkylation sites (tertiary alicyclic amines) is 1. The number of nitrogens with zero attached hydrogens (tertiary/aromatic N) is 1. The van der Waals surface area contributed by atoms with Gasteiger partial charge in [0.1, 0.15) is 6.04 Å². The summed E-state index contributed by atoms with van der Waals surface area (Å²) in [5, 5.41) is 18.7. The number of carboxylic acids is 1. The topological polar surface area (TPSA) is 77.8 Å². The van der Waals surface area contributed by atoms with Gasteiger partial charge in [-0.2, -0.15) is 0 Å². The minimum Gasteiger partial charge on any atom is -0.480 e. The highest BCUT2D eigenvalue weighted by molar-refractivity contribution is 5.88. The Balaban J connectivity index is 1.70. The van der Waals surface area contributed by atoms with Crippen LogP contribution in [0.3, 0.4) is 0 Å². The molecule has 5 heteroatoms. The van der Waals surface area contributed by atoms with Gasteiger partial charge in [-0.15, -0.1) is 0 Å². The molecule has 0 bridgehead atoms.